The largest absolute Gasteiger partial charge is 0.493 e. The second kappa shape index (κ2) is 4.61. The van der Waals surface area contributed by atoms with Gasteiger partial charge in [0.2, 0.25) is 11.8 Å². The Morgan fingerprint density at radius 2 is 1.64 bits per heavy atom. The smallest absolute Gasteiger partial charge is 0.217 e. The molecule has 2 aliphatic rings. The van der Waals surface area contributed by atoms with Gasteiger partial charge in [-0.05, 0) is 24.6 Å². The highest BCUT2D eigenvalue weighted by molar-refractivity contribution is 6.42. The predicted octanol–water partition coefficient (Wildman–Crippen LogP) is 4.25. The van der Waals surface area contributed by atoms with Crippen molar-refractivity contribution in [3.8, 4) is 11.8 Å². The molecule has 0 radical (unpaired) electrons. The Morgan fingerprint density at radius 1 is 1.05 bits per heavy atom. The van der Waals surface area contributed by atoms with Crippen LogP contribution in [0.1, 0.15) is 29.4 Å². The van der Waals surface area contributed by atoms with Crippen LogP contribution in [0.4, 0.5) is 5.69 Å². The summed E-state index contributed by atoms with van der Waals surface area (Å²) in [5.41, 5.74) is 2.38. The van der Waals surface area contributed by atoms with Crippen LogP contribution >= 0.6 is 23.2 Å². The summed E-state index contributed by atoms with van der Waals surface area (Å²) in [6, 6.07) is 5.16. The van der Waals surface area contributed by atoms with Crippen LogP contribution in [0.15, 0.2) is 30.4 Å². The number of allylic oxidation sites excluding steroid dienone is 2. The fourth-order valence-corrected chi connectivity index (χ4v) is 3.81. The van der Waals surface area contributed by atoms with E-state index in [0.29, 0.717) is 15.7 Å². The predicted molar refractivity (Wildman–Crippen MR) is 87.3 cm³/mol. The summed E-state index contributed by atoms with van der Waals surface area (Å²) >= 11 is 12.0. The van der Waals surface area contributed by atoms with Crippen molar-refractivity contribution in [2.45, 2.75) is 18.3 Å². The molecule has 0 unspecified atom stereocenters. The SMILES string of the molecule is CN(c1ccc(Cl)c(Cl)c1)n1c(O)c2c(c1O)[C@H]1C=C[C@@H]2C1. The molecule has 2 bridgehead atoms. The van der Waals surface area contributed by atoms with Gasteiger partial charge in [0.25, 0.3) is 0 Å². The average Bonchev–Trinajstić information content (AvgIpc) is 3.16. The summed E-state index contributed by atoms with van der Waals surface area (Å²) in [6.45, 7) is 0. The molecule has 0 amide bonds. The maximum atomic E-state index is 10.6. The lowest BCUT2D eigenvalue weighted by Crippen LogP contribution is -2.24. The highest BCUT2D eigenvalue weighted by Gasteiger charge is 2.41. The zero-order valence-electron chi connectivity index (χ0n) is 11.8. The van der Waals surface area contributed by atoms with Crippen LogP contribution in [0.5, 0.6) is 11.8 Å². The number of fused-ring (bicyclic) bond motifs is 5. The van der Waals surface area contributed by atoms with Gasteiger partial charge >= 0.3 is 0 Å². The van der Waals surface area contributed by atoms with Crippen LogP contribution < -0.4 is 5.01 Å². The molecule has 114 valence electrons. The van der Waals surface area contributed by atoms with Crippen molar-refractivity contribution < 1.29 is 10.2 Å². The third-order valence-electron chi connectivity index (χ3n) is 4.58. The number of halogens is 2. The second-order valence-electron chi connectivity index (χ2n) is 5.74. The molecular weight excluding hydrogens is 323 g/mol. The minimum atomic E-state index is 0.0814. The maximum absolute atomic E-state index is 10.6. The molecule has 1 aromatic carbocycles. The molecule has 2 aromatic rings. The molecule has 0 saturated carbocycles. The summed E-state index contributed by atoms with van der Waals surface area (Å²) < 4.78 is 1.41. The van der Waals surface area contributed by atoms with Gasteiger partial charge in [0.05, 0.1) is 15.7 Å². The van der Waals surface area contributed by atoms with Crippen molar-refractivity contribution in [2.75, 3.05) is 12.1 Å². The lowest BCUT2D eigenvalue weighted by Gasteiger charge is -2.23. The lowest BCUT2D eigenvalue weighted by atomic mass is 10.0. The molecule has 1 heterocycles. The van der Waals surface area contributed by atoms with E-state index in [1.165, 1.54) is 4.68 Å². The summed E-state index contributed by atoms with van der Waals surface area (Å²) in [7, 11) is 1.75. The van der Waals surface area contributed by atoms with E-state index in [0.717, 1.165) is 17.5 Å². The van der Waals surface area contributed by atoms with Crippen LogP contribution in [0.3, 0.4) is 0 Å². The summed E-state index contributed by atoms with van der Waals surface area (Å²) in [4.78, 5) is 0. The van der Waals surface area contributed by atoms with Crippen LogP contribution in [0.2, 0.25) is 10.0 Å². The standard InChI is InChI=1S/C16H14Cl2N2O2/c1-19(10-4-5-11(17)12(18)7-10)20-15(21)13-8-2-3-9(6-8)14(13)16(20)22/h2-5,7-9,21-22H,6H2,1H3/t8-,9+. The molecule has 6 heteroatoms. The van der Waals surface area contributed by atoms with Gasteiger partial charge in [-0.1, -0.05) is 35.4 Å². The Kier molecular flexibility index (Phi) is 2.90. The number of rotatable bonds is 2. The molecule has 4 nitrogen and oxygen atoms in total. The molecule has 0 spiro atoms. The van der Waals surface area contributed by atoms with Gasteiger partial charge in [-0.25, -0.2) is 0 Å². The van der Waals surface area contributed by atoms with E-state index in [4.69, 9.17) is 23.2 Å². The topological polar surface area (TPSA) is 48.6 Å². The van der Waals surface area contributed by atoms with Gasteiger partial charge < -0.3 is 10.2 Å². The highest BCUT2D eigenvalue weighted by atomic mass is 35.5. The first kappa shape index (κ1) is 13.9. The molecule has 4 rings (SSSR count). The van der Waals surface area contributed by atoms with E-state index in [-0.39, 0.29) is 23.6 Å². The van der Waals surface area contributed by atoms with Crippen LogP contribution in [-0.4, -0.2) is 21.9 Å². The number of hydrogen-bond acceptors (Lipinski definition) is 3. The molecule has 0 aliphatic heterocycles. The first-order chi connectivity index (χ1) is 10.5. The molecule has 2 N–H and O–H groups in total. The van der Waals surface area contributed by atoms with Crippen LogP contribution in [-0.2, 0) is 0 Å². The number of aromatic hydroxyl groups is 2. The average molecular weight is 337 g/mol. The third-order valence-corrected chi connectivity index (χ3v) is 5.31. The Labute approximate surface area is 137 Å². The number of nitrogens with zero attached hydrogens (tertiary/aromatic N) is 2. The fourth-order valence-electron chi connectivity index (χ4n) is 3.51. The first-order valence-electron chi connectivity index (χ1n) is 7.03. The van der Waals surface area contributed by atoms with E-state index >= 15 is 0 Å². The molecule has 0 fully saturated rings. The summed E-state index contributed by atoms with van der Waals surface area (Å²) in [5.74, 6) is 0.541. The van der Waals surface area contributed by atoms with Crippen molar-refractivity contribution in [1.82, 2.24) is 4.68 Å². The van der Waals surface area contributed by atoms with E-state index in [9.17, 15) is 10.2 Å². The normalized spacial score (nSPS) is 21.4. The highest BCUT2D eigenvalue weighted by Crippen LogP contribution is 2.56. The van der Waals surface area contributed by atoms with E-state index < -0.39 is 0 Å². The van der Waals surface area contributed by atoms with E-state index in [2.05, 4.69) is 12.2 Å². The third kappa shape index (κ3) is 1.71. The molecule has 1 aromatic heterocycles. The fraction of sp³-hybridized carbons (Fsp3) is 0.250. The quantitative estimate of drug-likeness (QED) is 0.806. The number of hydrogen-bond donors (Lipinski definition) is 2. The summed E-state index contributed by atoms with van der Waals surface area (Å²) in [5, 5.41) is 23.7. The van der Waals surface area contributed by atoms with Gasteiger partial charge in [-0.15, -0.1) is 0 Å². The molecule has 22 heavy (non-hydrogen) atoms. The van der Waals surface area contributed by atoms with Crippen molar-refractivity contribution in [3.05, 3.63) is 51.5 Å². The van der Waals surface area contributed by atoms with E-state index in [1.54, 1.807) is 30.3 Å². The molecule has 2 aliphatic carbocycles. The maximum Gasteiger partial charge on any atom is 0.217 e. The van der Waals surface area contributed by atoms with Gasteiger partial charge in [-0.2, -0.15) is 4.68 Å². The zero-order chi connectivity index (χ0) is 15.6. The Hall–Kier alpha value is -1.78. The molecule has 0 saturated heterocycles. The Balaban J connectivity index is 1.82. The van der Waals surface area contributed by atoms with Gasteiger partial charge in [-0.3, -0.25) is 5.01 Å². The van der Waals surface area contributed by atoms with E-state index in [1.807, 2.05) is 0 Å². The minimum Gasteiger partial charge on any atom is -0.493 e. The number of aromatic nitrogens is 1. The van der Waals surface area contributed by atoms with Crippen molar-refractivity contribution in [2.24, 2.45) is 0 Å². The summed E-state index contributed by atoms with van der Waals surface area (Å²) in [6.07, 6.45) is 5.12. The molecular formula is C16H14Cl2N2O2. The Morgan fingerprint density at radius 3 is 2.18 bits per heavy atom. The van der Waals surface area contributed by atoms with Crippen molar-refractivity contribution >= 4 is 28.9 Å². The zero-order valence-corrected chi connectivity index (χ0v) is 13.3. The Bertz CT molecular complexity index is 777. The first-order valence-corrected chi connectivity index (χ1v) is 7.78. The number of benzene rings is 1. The molecule has 2 atom stereocenters. The minimum absolute atomic E-state index is 0.0814. The van der Waals surface area contributed by atoms with Crippen molar-refractivity contribution in [3.63, 3.8) is 0 Å². The van der Waals surface area contributed by atoms with Crippen LogP contribution in [0, 0.1) is 0 Å². The van der Waals surface area contributed by atoms with Crippen LogP contribution in [0.25, 0.3) is 0 Å². The second-order valence-corrected chi connectivity index (χ2v) is 6.56. The monoisotopic (exact) mass is 336 g/mol. The van der Waals surface area contributed by atoms with Gasteiger partial charge in [0.1, 0.15) is 0 Å². The van der Waals surface area contributed by atoms with Crippen molar-refractivity contribution in [1.29, 1.82) is 0 Å². The number of anilines is 1. The van der Waals surface area contributed by atoms with Gasteiger partial charge in [0.15, 0.2) is 0 Å². The van der Waals surface area contributed by atoms with Gasteiger partial charge in [0, 0.05) is 30.0 Å². The lowest BCUT2D eigenvalue weighted by molar-refractivity contribution is 0.370.